The highest BCUT2D eigenvalue weighted by Crippen LogP contribution is 2.31. The average molecular weight is 368 g/mol. The average Bonchev–Trinajstić information content (AvgIpc) is 2.63. The molecule has 1 atom stereocenters. The number of rotatable bonds is 6. The lowest BCUT2D eigenvalue weighted by atomic mass is 9.98. The van der Waals surface area contributed by atoms with Crippen molar-refractivity contribution in [2.45, 2.75) is 19.4 Å². The van der Waals surface area contributed by atoms with E-state index in [0.717, 1.165) is 11.1 Å². The van der Waals surface area contributed by atoms with Crippen molar-refractivity contribution in [3.63, 3.8) is 0 Å². The smallest absolute Gasteiger partial charge is 0.305 e. The number of aryl methyl sites for hydroxylation is 1. The van der Waals surface area contributed by atoms with E-state index in [1.807, 2.05) is 19.1 Å². The number of fused-ring (bicyclic) bond motifs is 1. The fourth-order valence-corrected chi connectivity index (χ4v) is 3.10. The van der Waals surface area contributed by atoms with E-state index in [9.17, 15) is 19.5 Å². The SMILES string of the molecule is Cc1ccccc1C(CC(=O)O)NC(=O)CN1C(=O)COc2ccccc21. The van der Waals surface area contributed by atoms with Crippen LogP contribution in [0.4, 0.5) is 5.69 Å². The number of carboxylic acids is 1. The molecule has 2 amide bonds. The van der Waals surface area contributed by atoms with Crippen LogP contribution >= 0.6 is 0 Å². The van der Waals surface area contributed by atoms with Gasteiger partial charge in [0.25, 0.3) is 5.91 Å². The highest BCUT2D eigenvalue weighted by Gasteiger charge is 2.28. The van der Waals surface area contributed by atoms with Crippen molar-refractivity contribution >= 4 is 23.5 Å². The van der Waals surface area contributed by atoms with E-state index in [4.69, 9.17) is 4.74 Å². The fourth-order valence-electron chi connectivity index (χ4n) is 3.10. The number of carbonyl (C=O) groups excluding carboxylic acids is 2. The zero-order valence-corrected chi connectivity index (χ0v) is 14.8. The number of benzene rings is 2. The van der Waals surface area contributed by atoms with E-state index in [2.05, 4.69) is 5.32 Å². The first kappa shape index (κ1) is 18.4. The molecule has 1 aliphatic heterocycles. The Morgan fingerprint density at radius 1 is 1.19 bits per heavy atom. The molecule has 0 fully saturated rings. The van der Waals surface area contributed by atoms with E-state index >= 15 is 0 Å². The first-order chi connectivity index (χ1) is 13.0. The number of nitrogens with zero attached hydrogens (tertiary/aromatic N) is 1. The van der Waals surface area contributed by atoms with Gasteiger partial charge in [-0.3, -0.25) is 19.3 Å². The van der Waals surface area contributed by atoms with Gasteiger partial charge in [-0.15, -0.1) is 0 Å². The van der Waals surface area contributed by atoms with Crippen LogP contribution in [-0.2, 0) is 14.4 Å². The van der Waals surface area contributed by atoms with Crippen LogP contribution in [0, 0.1) is 6.92 Å². The van der Waals surface area contributed by atoms with Gasteiger partial charge in [0.05, 0.1) is 18.2 Å². The topological polar surface area (TPSA) is 95.9 Å². The summed E-state index contributed by atoms with van der Waals surface area (Å²) in [5.74, 6) is -1.24. The van der Waals surface area contributed by atoms with Crippen LogP contribution in [0.15, 0.2) is 48.5 Å². The van der Waals surface area contributed by atoms with E-state index in [1.165, 1.54) is 4.90 Å². The second-order valence-electron chi connectivity index (χ2n) is 6.31. The van der Waals surface area contributed by atoms with Crippen LogP contribution in [-0.4, -0.2) is 36.0 Å². The number of hydrogen-bond donors (Lipinski definition) is 2. The zero-order chi connectivity index (χ0) is 19.4. The summed E-state index contributed by atoms with van der Waals surface area (Å²) in [5.41, 5.74) is 2.15. The molecule has 0 radical (unpaired) electrons. The minimum atomic E-state index is -1.02. The van der Waals surface area contributed by atoms with Crippen LogP contribution in [0.1, 0.15) is 23.6 Å². The van der Waals surface area contributed by atoms with Crippen molar-refractivity contribution in [3.05, 3.63) is 59.7 Å². The number of carboxylic acid groups (broad SMARTS) is 1. The van der Waals surface area contributed by atoms with E-state index in [1.54, 1.807) is 36.4 Å². The summed E-state index contributed by atoms with van der Waals surface area (Å²) in [6, 6.07) is 13.6. The minimum Gasteiger partial charge on any atom is -0.482 e. The van der Waals surface area contributed by atoms with Crippen LogP contribution in [0.25, 0.3) is 0 Å². The Morgan fingerprint density at radius 2 is 1.89 bits per heavy atom. The maximum atomic E-state index is 12.6. The van der Waals surface area contributed by atoms with Gasteiger partial charge in [-0.05, 0) is 30.2 Å². The molecule has 2 aromatic carbocycles. The number of carbonyl (C=O) groups is 3. The highest BCUT2D eigenvalue weighted by molar-refractivity contribution is 6.02. The summed E-state index contributed by atoms with van der Waals surface area (Å²) >= 11 is 0. The Balaban J connectivity index is 1.78. The largest absolute Gasteiger partial charge is 0.482 e. The maximum absolute atomic E-state index is 12.6. The summed E-state index contributed by atoms with van der Waals surface area (Å²) in [5, 5.41) is 12.0. The predicted molar refractivity (Wildman–Crippen MR) is 98.6 cm³/mol. The molecule has 0 bridgehead atoms. The molecule has 2 N–H and O–H groups in total. The van der Waals surface area contributed by atoms with Crippen LogP contribution in [0.3, 0.4) is 0 Å². The lowest BCUT2D eigenvalue weighted by Gasteiger charge is -2.29. The van der Waals surface area contributed by atoms with Gasteiger partial charge in [0, 0.05) is 0 Å². The van der Waals surface area contributed by atoms with Crippen molar-refractivity contribution in [2.24, 2.45) is 0 Å². The Kier molecular flexibility index (Phi) is 5.40. The summed E-state index contributed by atoms with van der Waals surface area (Å²) in [4.78, 5) is 37.4. The van der Waals surface area contributed by atoms with Crippen molar-refractivity contribution in [1.82, 2.24) is 5.32 Å². The minimum absolute atomic E-state index is 0.138. The number of aliphatic carboxylic acids is 1. The molecule has 7 heteroatoms. The molecule has 3 rings (SSSR count). The van der Waals surface area contributed by atoms with Crippen LogP contribution < -0.4 is 15.0 Å². The standard InChI is InChI=1S/C20H20N2O5/c1-13-6-2-3-7-14(13)15(10-20(25)26)21-18(23)11-22-16-8-4-5-9-17(16)27-12-19(22)24/h2-9,15H,10-12H2,1H3,(H,21,23)(H,25,26). The third kappa shape index (κ3) is 4.25. The Morgan fingerprint density at radius 3 is 2.63 bits per heavy atom. The van der Waals surface area contributed by atoms with Gasteiger partial charge in [-0.2, -0.15) is 0 Å². The Bertz CT molecular complexity index is 880. The molecule has 1 unspecified atom stereocenters. The number of anilines is 1. The second kappa shape index (κ2) is 7.90. The van der Waals surface area contributed by atoms with Gasteiger partial charge in [-0.1, -0.05) is 36.4 Å². The molecule has 0 spiro atoms. The molecular formula is C20H20N2O5. The van der Waals surface area contributed by atoms with Gasteiger partial charge in [-0.25, -0.2) is 0 Å². The first-order valence-corrected chi connectivity index (χ1v) is 8.54. The number of amides is 2. The van der Waals surface area contributed by atoms with Crippen molar-refractivity contribution in [2.75, 3.05) is 18.1 Å². The summed E-state index contributed by atoms with van der Waals surface area (Å²) in [6.07, 6.45) is -0.246. The Labute approximate surface area is 156 Å². The molecule has 140 valence electrons. The number of ether oxygens (including phenoxy) is 1. The van der Waals surface area contributed by atoms with Gasteiger partial charge in [0.1, 0.15) is 12.3 Å². The second-order valence-corrected chi connectivity index (χ2v) is 6.31. The highest BCUT2D eigenvalue weighted by atomic mass is 16.5. The summed E-state index contributed by atoms with van der Waals surface area (Å²) in [6.45, 7) is 1.51. The van der Waals surface area contributed by atoms with Gasteiger partial charge in [0.15, 0.2) is 6.61 Å². The molecule has 0 aromatic heterocycles. The first-order valence-electron chi connectivity index (χ1n) is 8.54. The van der Waals surface area contributed by atoms with E-state index < -0.39 is 17.9 Å². The third-order valence-electron chi connectivity index (χ3n) is 4.39. The lowest BCUT2D eigenvalue weighted by molar-refractivity contribution is -0.138. The summed E-state index contributed by atoms with van der Waals surface area (Å²) in [7, 11) is 0. The van der Waals surface area contributed by atoms with Gasteiger partial charge < -0.3 is 15.2 Å². The van der Waals surface area contributed by atoms with Gasteiger partial charge in [0.2, 0.25) is 5.91 Å². The number of nitrogens with one attached hydrogen (secondary N) is 1. The van der Waals surface area contributed by atoms with E-state index in [0.29, 0.717) is 11.4 Å². The van der Waals surface area contributed by atoms with E-state index in [-0.39, 0.29) is 25.5 Å². The molecule has 0 saturated carbocycles. The molecule has 7 nitrogen and oxygen atoms in total. The van der Waals surface area contributed by atoms with Crippen molar-refractivity contribution in [1.29, 1.82) is 0 Å². The fraction of sp³-hybridized carbons (Fsp3) is 0.250. The van der Waals surface area contributed by atoms with Gasteiger partial charge >= 0.3 is 5.97 Å². The maximum Gasteiger partial charge on any atom is 0.305 e. The molecule has 27 heavy (non-hydrogen) atoms. The third-order valence-corrected chi connectivity index (χ3v) is 4.39. The number of hydrogen-bond acceptors (Lipinski definition) is 4. The normalized spacial score (nSPS) is 14.1. The number of para-hydroxylation sites is 2. The molecule has 2 aromatic rings. The molecule has 0 saturated heterocycles. The quantitative estimate of drug-likeness (QED) is 0.814. The van der Waals surface area contributed by atoms with Crippen molar-refractivity contribution < 1.29 is 24.2 Å². The molecule has 0 aliphatic carbocycles. The summed E-state index contributed by atoms with van der Waals surface area (Å²) < 4.78 is 5.37. The molecule has 1 aliphatic rings. The lowest BCUT2D eigenvalue weighted by Crippen LogP contribution is -2.46. The Hall–Kier alpha value is -3.35. The molecular weight excluding hydrogens is 348 g/mol. The zero-order valence-electron chi connectivity index (χ0n) is 14.8. The van der Waals surface area contributed by atoms with Crippen LogP contribution in [0.2, 0.25) is 0 Å². The predicted octanol–water partition coefficient (Wildman–Crippen LogP) is 2.05. The molecule has 1 heterocycles. The van der Waals surface area contributed by atoms with Crippen LogP contribution in [0.5, 0.6) is 5.75 Å². The van der Waals surface area contributed by atoms with Crippen molar-refractivity contribution in [3.8, 4) is 5.75 Å². The monoisotopic (exact) mass is 368 g/mol.